The van der Waals surface area contributed by atoms with Crippen molar-refractivity contribution in [3.63, 3.8) is 0 Å². The summed E-state index contributed by atoms with van der Waals surface area (Å²) in [6, 6.07) is 18.1. The lowest BCUT2D eigenvalue weighted by Crippen LogP contribution is -2.36. The summed E-state index contributed by atoms with van der Waals surface area (Å²) in [5, 5.41) is 3.27. The van der Waals surface area contributed by atoms with E-state index >= 15 is 0 Å². The number of para-hydroxylation sites is 1. The summed E-state index contributed by atoms with van der Waals surface area (Å²) in [6.45, 7) is 5.31. The minimum absolute atomic E-state index is 0.0726. The molecule has 1 aliphatic rings. The van der Waals surface area contributed by atoms with Crippen molar-refractivity contribution >= 4 is 17.5 Å². The van der Waals surface area contributed by atoms with Crippen molar-refractivity contribution in [2.75, 3.05) is 16.8 Å². The number of carbonyl (C=O) groups excluding carboxylic acids is 1. The van der Waals surface area contributed by atoms with Gasteiger partial charge < -0.3 is 10.2 Å². The first-order chi connectivity index (χ1) is 13.6. The van der Waals surface area contributed by atoms with Gasteiger partial charge in [0.05, 0.1) is 0 Å². The highest BCUT2D eigenvalue weighted by Gasteiger charge is 2.24. The Balaban J connectivity index is 1.57. The highest BCUT2D eigenvalue weighted by molar-refractivity contribution is 6.05. The first-order valence-electron chi connectivity index (χ1n) is 9.65. The maximum absolute atomic E-state index is 13.2. The second-order valence-electron chi connectivity index (χ2n) is 7.19. The molecule has 0 spiro atoms. The normalized spacial score (nSPS) is 13.1. The third kappa shape index (κ3) is 3.74. The smallest absolute Gasteiger partial charge is 0.277 e. The van der Waals surface area contributed by atoms with Crippen LogP contribution in [0.3, 0.4) is 0 Å². The minimum atomic E-state index is -0.0726. The van der Waals surface area contributed by atoms with Gasteiger partial charge in [0, 0.05) is 24.5 Å². The van der Waals surface area contributed by atoms with Crippen LogP contribution in [0.4, 0.5) is 11.6 Å². The standard InChI is InChI=1S/C23H24N4O/c1-16-8-3-4-10-19(16)15-24-23-25-17(2)14-20(26-23)22(28)27-13-7-11-18-9-5-6-12-21(18)27/h3-6,8-10,12,14H,7,11,13,15H2,1-2H3,(H,24,25,26). The number of rotatable bonds is 4. The number of nitrogens with one attached hydrogen (secondary N) is 1. The predicted molar refractivity (Wildman–Crippen MR) is 112 cm³/mol. The van der Waals surface area contributed by atoms with E-state index in [4.69, 9.17) is 0 Å². The highest BCUT2D eigenvalue weighted by atomic mass is 16.2. The Kier molecular flexibility index (Phi) is 5.06. The van der Waals surface area contributed by atoms with Gasteiger partial charge in [0.15, 0.2) is 0 Å². The quantitative estimate of drug-likeness (QED) is 0.742. The average Bonchev–Trinajstić information content (AvgIpc) is 2.72. The molecule has 142 valence electrons. The third-order valence-corrected chi connectivity index (χ3v) is 5.13. The molecule has 0 saturated heterocycles. The van der Waals surface area contributed by atoms with E-state index in [1.807, 2.05) is 42.2 Å². The van der Waals surface area contributed by atoms with Crippen LogP contribution in [0, 0.1) is 13.8 Å². The van der Waals surface area contributed by atoms with Crippen molar-refractivity contribution in [3.05, 3.63) is 82.7 Å². The fourth-order valence-electron chi connectivity index (χ4n) is 3.62. The van der Waals surface area contributed by atoms with Crippen LogP contribution in [0.5, 0.6) is 0 Å². The van der Waals surface area contributed by atoms with Gasteiger partial charge in [-0.3, -0.25) is 4.79 Å². The summed E-state index contributed by atoms with van der Waals surface area (Å²) < 4.78 is 0. The Labute approximate surface area is 165 Å². The van der Waals surface area contributed by atoms with E-state index in [1.54, 1.807) is 6.07 Å². The zero-order valence-corrected chi connectivity index (χ0v) is 16.3. The Bertz CT molecular complexity index is 1010. The van der Waals surface area contributed by atoms with Crippen molar-refractivity contribution in [2.45, 2.75) is 33.2 Å². The van der Waals surface area contributed by atoms with Crippen LogP contribution in [-0.2, 0) is 13.0 Å². The number of hydrogen-bond donors (Lipinski definition) is 1. The second-order valence-corrected chi connectivity index (χ2v) is 7.19. The molecule has 2 aromatic carbocycles. The van der Waals surface area contributed by atoms with Gasteiger partial charge in [-0.25, -0.2) is 9.97 Å². The molecule has 1 amide bonds. The third-order valence-electron chi connectivity index (χ3n) is 5.13. The molecule has 0 bridgehead atoms. The lowest BCUT2D eigenvalue weighted by molar-refractivity contribution is 0.0980. The van der Waals surface area contributed by atoms with Gasteiger partial charge in [-0.2, -0.15) is 0 Å². The SMILES string of the molecule is Cc1cc(C(=O)N2CCCc3ccccc32)nc(NCc2ccccc2C)n1. The van der Waals surface area contributed by atoms with Crippen LogP contribution in [0.25, 0.3) is 0 Å². The molecule has 0 saturated carbocycles. The van der Waals surface area contributed by atoms with E-state index in [-0.39, 0.29) is 5.91 Å². The molecule has 28 heavy (non-hydrogen) atoms. The summed E-state index contributed by atoms with van der Waals surface area (Å²) in [5.41, 5.74) is 5.80. The van der Waals surface area contributed by atoms with Crippen molar-refractivity contribution in [2.24, 2.45) is 0 Å². The number of aromatic nitrogens is 2. The molecule has 0 aliphatic carbocycles. The molecule has 2 heterocycles. The van der Waals surface area contributed by atoms with Crippen molar-refractivity contribution in [1.29, 1.82) is 0 Å². The summed E-state index contributed by atoms with van der Waals surface area (Å²) in [4.78, 5) is 24.0. The van der Waals surface area contributed by atoms with Crippen LogP contribution in [0.15, 0.2) is 54.6 Å². The molecule has 4 rings (SSSR count). The molecule has 0 atom stereocenters. The summed E-state index contributed by atoms with van der Waals surface area (Å²) in [6.07, 6.45) is 1.97. The number of benzene rings is 2. The number of amides is 1. The molecule has 5 nitrogen and oxygen atoms in total. The Morgan fingerprint density at radius 1 is 1.07 bits per heavy atom. The molecular formula is C23H24N4O. The summed E-state index contributed by atoms with van der Waals surface area (Å²) in [7, 11) is 0. The number of hydrogen-bond acceptors (Lipinski definition) is 4. The lowest BCUT2D eigenvalue weighted by Gasteiger charge is -2.29. The van der Waals surface area contributed by atoms with E-state index in [0.29, 0.717) is 24.7 Å². The molecule has 1 aromatic heterocycles. The number of carbonyl (C=O) groups is 1. The van der Waals surface area contributed by atoms with Gasteiger partial charge in [-0.1, -0.05) is 42.5 Å². The van der Waals surface area contributed by atoms with Crippen LogP contribution in [-0.4, -0.2) is 22.4 Å². The second kappa shape index (κ2) is 7.80. The maximum Gasteiger partial charge on any atom is 0.277 e. The van der Waals surface area contributed by atoms with Gasteiger partial charge in [0.1, 0.15) is 5.69 Å². The topological polar surface area (TPSA) is 58.1 Å². The average molecular weight is 372 g/mol. The van der Waals surface area contributed by atoms with Crippen LogP contribution >= 0.6 is 0 Å². The van der Waals surface area contributed by atoms with Gasteiger partial charge in [-0.05, 0) is 55.5 Å². The van der Waals surface area contributed by atoms with E-state index in [9.17, 15) is 4.79 Å². The maximum atomic E-state index is 13.2. The lowest BCUT2D eigenvalue weighted by atomic mass is 10.0. The molecule has 0 radical (unpaired) electrons. The zero-order valence-electron chi connectivity index (χ0n) is 16.3. The first-order valence-corrected chi connectivity index (χ1v) is 9.65. The van der Waals surface area contributed by atoms with E-state index in [2.05, 4.69) is 40.4 Å². The van der Waals surface area contributed by atoms with Gasteiger partial charge in [0.2, 0.25) is 5.95 Å². The van der Waals surface area contributed by atoms with Crippen molar-refractivity contribution in [3.8, 4) is 0 Å². The number of anilines is 2. The highest BCUT2D eigenvalue weighted by Crippen LogP contribution is 2.28. The minimum Gasteiger partial charge on any atom is -0.350 e. The fourth-order valence-corrected chi connectivity index (χ4v) is 3.62. The predicted octanol–water partition coefficient (Wildman–Crippen LogP) is 4.30. The van der Waals surface area contributed by atoms with E-state index in [0.717, 1.165) is 24.2 Å². The fraction of sp³-hybridized carbons (Fsp3) is 0.261. The van der Waals surface area contributed by atoms with Crippen molar-refractivity contribution in [1.82, 2.24) is 9.97 Å². The molecule has 5 heteroatoms. The first kappa shape index (κ1) is 18.2. The van der Waals surface area contributed by atoms with Gasteiger partial charge >= 0.3 is 0 Å². The van der Waals surface area contributed by atoms with E-state index in [1.165, 1.54) is 16.7 Å². The summed E-state index contributed by atoms with van der Waals surface area (Å²) in [5.74, 6) is 0.411. The number of nitrogens with zero attached hydrogens (tertiary/aromatic N) is 3. The molecule has 0 fully saturated rings. The number of fused-ring (bicyclic) bond motifs is 1. The van der Waals surface area contributed by atoms with Crippen molar-refractivity contribution < 1.29 is 4.79 Å². The molecule has 0 unspecified atom stereocenters. The molecule has 1 aliphatic heterocycles. The van der Waals surface area contributed by atoms with Crippen LogP contribution < -0.4 is 10.2 Å². The Hall–Kier alpha value is -3.21. The van der Waals surface area contributed by atoms with Gasteiger partial charge in [0.25, 0.3) is 5.91 Å². The monoisotopic (exact) mass is 372 g/mol. The Morgan fingerprint density at radius 3 is 2.71 bits per heavy atom. The summed E-state index contributed by atoms with van der Waals surface area (Å²) >= 11 is 0. The largest absolute Gasteiger partial charge is 0.350 e. The molecule has 3 aromatic rings. The molecule has 1 N–H and O–H groups in total. The number of aryl methyl sites for hydroxylation is 3. The van der Waals surface area contributed by atoms with Gasteiger partial charge in [-0.15, -0.1) is 0 Å². The van der Waals surface area contributed by atoms with Crippen LogP contribution in [0.1, 0.15) is 39.3 Å². The molecular weight excluding hydrogens is 348 g/mol. The zero-order chi connectivity index (χ0) is 19.5. The van der Waals surface area contributed by atoms with Crippen LogP contribution in [0.2, 0.25) is 0 Å². The van der Waals surface area contributed by atoms with E-state index < -0.39 is 0 Å². The Morgan fingerprint density at radius 2 is 1.86 bits per heavy atom.